The van der Waals surface area contributed by atoms with Gasteiger partial charge in [0, 0.05) is 13.2 Å². The average molecular weight is 306 g/mol. The quantitative estimate of drug-likeness (QED) is 0.646. The number of nitrogens with one attached hydrogen (secondary N) is 2. The number of carbonyl (C=O) groups is 1. The first-order valence-electron chi connectivity index (χ1n) is 8.11. The summed E-state index contributed by atoms with van der Waals surface area (Å²) in [6.07, 6.45) is 6.11. The average Bonchev–Trinajstić information content (AvgIpc) is 3.06. The number of ether oxygens (including phenoxy) is 1. The Morgan fingerprint density at radius 2 is 2.00 bits per heavy atom. The molecule has 1 unspecified atom stereocenters. The van der Waals surface area contributed by atoms with Gasteiger partial charge in [0.1, 0.15) is 0 Å². The van der Waals surface area contributed by atoms with Gasteiger partial charge in [-0.15, -0.1) is 0 Å². The maximum absolute atomic E-state index is 11.8. The van der Waals surface area contributed by atoms with Gasteiger partial charge in [-0.1, -0.05) is 43.2 Å². The first kappa shape index (κ1) is 16.8. The fourth-order valence-electron chi connectivity index (χ4n) is 2.71. The van der Waals surface area contributed by atoms with Crippen molar-refractivity contribution in [2.45, 2.75) is 44.2 Å². The number of carbonyl (C=O) groups excluding carboxylic acids is 1. The van der Waals surface area contributed by atoms with Crippen LogP contribution in [0.15, 0.2) is 30.3 Å². The van der Waals surface area contributed by atoms with Crippen molar-refractivity contribution in [2.75, 3.05) is 19.8 Å². The molecule has 1 aromatic rings. The van der Waals surface area contributed by atoms with Crippen LogP contribution in [0, 0.1) is 0 Å². The first-order chi connectivity index (χ1) is 10.8. The van der Waals surface area contributed by atoms with Gasteiger partial charge in [0.25, 0.3) is 0 Å². The van der Waals surface area contributed by atoms with Gasteiger partial charge in [0.05, 0.1) is 18.8 Å². The lowest BCUT2D eigenvalue weighted by molar-refractivity contribution is 0.0571. The van der Waals surface area contributed by atoms with Crippen LogP contribution in [0.25, 0.3) is 0 Å². The topological polar surface area (TPSA) is 70.6 Å². The van der Waals surface area contributed by atoms with Crippen molar-refractivity contribution in [1.29, 1.82) is 0 Å². The van der Waals surface area contributed by atoms with Gasteiger partial charge < -0.3 is 20.5 Å². The Kier molecular flexibility index (Phi) is 7.19. The van der Waals surface area contributed by atoms with E-state index in [1.54, 1.807) is 0 Å². The summed E-state index contributed by atoms with van der Waals surface area (Å²) in [4.78, 5) is 11.8. The number of amides is 2. The fraction of sp³-hybridized carbons (Fsp3) is 0.588. The van der Waals surface area contributed by atoms with Crippen molar-refractivity contribution >= 4 is 6.03 Å². The second-order valence-corrected chi connectivity index (χ2v) is 5.68. The number of benzene rings is 1. The lowest BCUT2D eigenvalue weighted by atomic mass is 10.1. The van der Waals surface area contributed by atoms with E-state index in [0.29, 0.717) is 19.3 Å². The summed E-state index contributed by atoms with van der Waals surface area (Å²) in [5, 5.41) is 15.0. The Bertz CT molecular complexity index is 433. The zero-order chi connectivity index (χ0) is 15.6. The van der Waals surface area contributed by atoms with Crippen LogP contribution in [0.1, 0.15) is 43.7 Å². The highest BCUT2D eigenvalue weighted by atomic mass is 16.5. The number of hydrogen-bond donors (Lipinski definition) is 3. The molecule has 0 heterocycles. The zero-order valence-electron chi connectivity index (χ0n) is 13.0. The SMILES string of the molecule is O=C(NCCCOC1CCCC1)NC(CO)c1ccccc1. The van der Waals surface area contributed by atoms with Crippen LogP contribution in [0.3, 0.4) is 0 Å². The lowest BCUT2D eigenvalue weighted by Gasteiger charge is -2.17. The molecule has 5 nitrogen and oxygen atoms in total. The molecule has 1 saturated carbocycles. The van der Waals surface area contributed by atoms with Crippen molar-refractivity contribution in [1.82, 2.24) is 10.6 Å². The number of hydrogen-bond acceptors (Lipinski definition) is 3. The van der Waals surface area contributed by atoms with Gasteiger partial charge in [-0.3, -0.25) is 0 Å². The molecule has 1 fully saturated rings. The smallest absolute Gasteiger partial charge is 0.315 e. The van der Waals surface area contributed by atoms with Crippen LogP contribution in [0.5, 0.6) is 0 Å². The van der Waals surface area contributed by atoms with Crippen LogP contribution >= 0.6 is 0 Å². The molecule has 1 atom stereocenters. The molecule has 5 heteroatoms. The van der Waals surface area contributed by atoms with E-state index >= 15 is 0 Å². The van der Waals surface area contributed by atoms with Gasteiger partial charge in [-0.2, -0.15) is 0 Å². The van der Waals surface area contributed by atoms with E-state index in [0.717, 1.165) is 12.0 Å². The van der Waals surface area contributed by atoms with E-state index in [2.05, 4.69) is 10.6 Å². The molecule has 1 aromatic carbocycles. The van der Waals surface area contributed by atoms with Crippen molar-refractivity contribution in [3.05, 3.63) is 35.9 Å². The minimum atomic E-state index is -0.379. The maximum Gasteiger partial charge on any atom is 0.315 e. The maximum atomic E-state index is 11.8. The minimum Gasteiger partial charge on any atom is -0.394 e. The molecule has 122 valence electrons. The third-order valence-electron chi connectivity index (χ3n) is 3.95. The summed E-state index contributed by atoms with van der Waals surface area (Å²) in [7, 11) is 0. The monoisotopic (exact) mass is 306 g/mol. The molecule has 1 aliphatic rings. The number of aliphatic hydroxyl groups excluding tert-OH is 1. The molecule has 0 saturated heterocycles. The van der Waals surface area contributed by atoms with Gasteiger partial charge >= 0.3 is 6.03 Å². The van der Waals surface area contributed by atoms with Crippen LogP contribution < -0.4 is 10.6 Å². The van der Waals surface area contributed by atoms with E-state index in [1.165, 1.54) is 25.7 Å². The summed E-state index contributed by atoms with van der Waals surface area (Å²) in [5.41, 5.74) is 0.893. The van der Waals surface area contributed by atoms with Crippen molar-refractivity contribution < 1.29 is 14.6 Å². The van der Waals surface area contributed by atoms with Crippen LogP contribution in [0.4, 0.5) is 4.79 Å². The van der Waals surface area contributed by atoms with E-state index in [4.69, 9.17) is 4.74 Å². The Morgan fingerprint density at radius 3 is 2.68 bits per heavy atom. The lowest BCUT2D eigenvalue weighted by Crippen LogP contribution is -2.39. The Balaban J connectivity index is 1.60. The molecule has 2 rings (SSSR count). The van der Waals surface area contributed by atoms with E-state index in [-0.39, 0.29) is 18.7 Å². The number of aliphatic hydroxyl groups is 1. The highest BCUT2D eigenvalue weighted by Crippen LogP contribution is 2.20. The second kappa shape index (κ2) is 9.43. The van der Waals surface area contributed by atoms with Crippen molar-refractivity contribution in [3.63, 3.8) is 0 Å². The highest BCUT2D eigenvalue weighted by molar-refractivity contribution is 5.74. The fourth-order valence-corrected chi connectivity index (χ4v) is 2.71. The molecule has 0 radical (unpaired) electrons. The largest absolute Gasteiger partial charge is 0.394 e. The Morgan fingerprint density at radius 1 is 1.27 bits per heavy atom. The van der Waals surface area contributed by atoms with Gasteiger partial charge in [0.2, 0.25) is 0 Å². The summed E-state index contributed by atoms with van der Waals surface area (Å²) < 4.78 is 5.74. The summed E-state index contributed by atoms with van der Waals surface area (Å²) in [6, 6.07) is 8.81. The van der Waals surface area contributed by atoms with Crippen LogP contribution in [-0.4, -0.2) is 37.0 Å². The third-order valence-corrected chi connectivity index (χ3v) is 3.95. The standard InChI is InChI=1S/C17H26N2O3/c20-13-16(14-7-2-1-3-8-14)19-17(21)18-11-6-12-22-15-9-4-5-10-15/h1-3,7-8,15-16,20H,4-6,9-13H2,(H2,18,19,21). The molecule has 2 amide bonds. The van der Waals surface area contributed by atoms with Gasteiger partial charge in [0.15, 0.2) is 0 Å². The minimum absolute atomic E-state index is 0.123. The molecule has 0 aliphatic heterocycles. The van der Waals surface area contributed by atoms with Gasteiger partial charge in [-0.25, -0.2) is 4.79 Å². The molecule has 0 aromatic heterocycles. The molecule has 1 aliphatic carbocycles. The third kappa shape index (κ3) is 5.66. The molecule has 22 heavy (non-hydrogen) atoms. The van der Waals surface area contributed by atoms with E-state index < -0.39 is 0 Å². The Labute approximate surface area is 132 Å². The normalized spacial score (nSPS) is 16.4. The summed E-state index contributed by atoms with van der Waals surface area (Å²) in [6.45, 7) is 1.14. The molecule has 0 spiro atoms. The van der Waals surface area contributed by atoms with Crippen LogP contribution in [0.2, 0.25) is 0 Å². The van der Waals surface area contributed by atoms with Crippen molar-refractivity contribution in [2.24, 2.45) is 0 Å². The second-order valence-electron chi connectivity index (χ2n) is 5.68. The molecule has 3 N–H and O–H groups in total. The Hall–Kier alpha value is -1.59. The molecular formula is C17H26N2O3. The predicted octanol–water partition coefficient (Wildman–Crippen LogP) is 2.37. The first-order valence-corrected chi connectivity index (χ1v) is 8.11. The van der Waals surface area contributed by atoms with Crippen molar-refractivity contribution in [3.8, 4) is 0 Å². The summed E-state index contributed by atoms with van der Waals surface area (Å²) >= 11 is 0. The van der Waals surface area contributed by atoms with Gasteiger partial charge in [-0.05, 0) is 24.8 Å². The summed E-state index contributed by atoms with van der Waals surface area (Å²) in [5.74, 6) is 0. The number of rotatable bonds is 8. The molecular weight excluding hydrogens is 280 g/mol. The van der Waals surface area contributed by atoms with E-state index in [9.17, 15) is 9.90 Å². The number of urea groups is 1. The van der Waals surface area contributed by atoms with Crippen LogP contribution in [-0.2, 0) is 4.74 Å². The molecule has 0 bridgehead atoms. The van der Waals surface area contributed by atoms with E-state index in [1.807, 2.05) is 30.3 Å². The zero-order valence-corrected chi connectivity index (χ0v) is 13.0. The highest BCUT2D eigenvalue weighted by Gasteiger charge is 2.15. The predicted molar refractivity (Wildman–Crippen MR) is 85.6 cm³/mol.